The van der Waals surface area contributed by atoms with Crippen molar-refractivity contribution in [3.8, 4) is 0 Å². The van der Waals surface area contributed by atoms with E-state index >= 15 is 0 Å². The number of carbonyl (C=O) groups excluding carboxylic acids is 3. The zero-order chi connectivity index (χ0) is 18.7. The molecule has 1 rings (SSSR count). The molecule has 1 aromatic carbocycles. The van der Waals surface area contributed by atoms with Gasteiger partial charge in [0.2, 0.25) is 17.7 Å². The van der Waals surface area contributed by atoms with Crippen molar-refractivity contribution in [2.45, 2.75) is 51.5 Å². The Morgan fingerprint density at radius 2 is 1.92 bits per heavy atom. The zero-order valence-electron chi connectivity index (χ0n) is 14.2. The van der Waals surface area contributed by atoms with Crippen LogP contribution in [0.5, 0.6) is 0 Å². The standard InChI is InChI=1S/C17H24BrN3O4/c1-2-6-15(22)20-14(9-3-4-10-16(23)21-25)17(24)19-13-8-5-7-12(18)11-13/h5,7-8,11,14,25H,2-4,6,9-10H2,1H3,(H,19,24)(H,20,22)(H,21,23)/t14-/m0/s1. The first-order valence-electron chi connectivity index (χ1n) is 8.25. The van der Waals surface area contributed by atoms with Crippen molar-refractivity contribution in [3.63, 3.8) is 0 Å². The molecule has 3 amide bonds. The molecule has 0 fully saturated rings. The molecule has 25 heavy (non-hydrogen) atoms. The normalized spacial score (nSPS) is 11.5. The van der Waals surface area contributed by atoms with Crippen LogP contribution >= 0.6 is 15.9 Å². The molecule has 0 bridgehead atoms. The van der Waals surface area contributed by atoms with Crippen molar-refractivity contribution >= 4 is 39.3 Å². The molecule has 138 valence electrons. The summed E-state index contributed by atoms with van der Waals surface area (Å²) in [5.74, 6) is -0.940. The molecule has 0 saturated heterocycles. The van der Waals surface area contributed by atoms with Crippen molar-refractivity contribution in [1.82, 2.24) is 10.8 Å². The van der Waals surface area contributed by atoms with E-state index in [1.807, 2.05) is 13.0 Å². The Kier molecular flexibility index (Phi) is 9.79. The fourth-order valence-corrected chi connectivity index (χ4v) is 2.65. The van der Waals surface area contributed by atoms with Crippen LogP contribution in [-0.2, 0) is 14.4 Å². The number of unbranched alkanes of at least 4 members (excludes halogenated alkanes) is 1. The second kappa shape index (κ2) is 11.6. The van der Waals surface area contributed by atoms with Gasteiger partial charge in [-0.25, -0.2) is 5.48 Å². The largest absolute Gasteiger partial charge is 0.344 e. The van der Waals surface area contributed by atoms with Gasteiger partial charge in [0, 0.05) is 23.0 Å². The number of benzene rings is 1. The van der Waals surface area contributed by atoms with Gasteiger partial charge in [0.15, 0.2) is 0 Å². The van der Waals surface area contributed by atoms with E-state index in [9.17, 15) is 14.4 Å². The number of carbonyl (C=O) groups is 3. The van der Waals surface area contributed by atoms with Crippen LogP contribution in [0.3, 0.4) is 0 Å². The summed E-state index contributed by atoms with van der Waals surface area (Å²) < 4.78 is 0.840. The molecule has 0 spiro atoms. The number of amides is 3. The van der Waals surface area contributed by atoms with Gasteiger partial charge >= 0.3 is 0 Å². The topological polar surface area (TPSA) is 108 Å². The average Bonchev–Trinajstić information content (AvgIpc) is 2.57. The lowest BCUT2D eigenvalue weighted by Gasteiger charge is -2.18. The van der Waals surface area contributed by atoms with Crippen molar-refractivity contribution in [1.29, 1.82) is 0 Å². The van der Waals surface area contributed by atoms with Crippen LogP contribution < -0.4 is 16.1 Å². The molecule has 0 unspecified atom stereocenters. The third kappa shape index (κ3) is 8.64. The summed E-state index contributed by atoms with van der Waals surface area (Å²) in [5.41, 5.74) is 2.20. The quantitative estimate of drug-likeness (QED) is 0.268. The molecular formula is C17H24BrN3O4. The van der Waals surface area contributed by atoms with E-state index in [-0.39, 0.29) is 18.2 Å². The van der Waals surface area contributed by atoms with Gasteiger partial charge in [0.05, 0.1) is 0 Å². The van der Waals surface area contributed by atoms with Crippen LogP contribution in [0.15, 0.2) is 28.7 Å². The van der Waals surface area contributed by atoms with Crippen molar-refractivity contribution in [2.24, 2.45) is 0 Å². The summed E-state index contributed by atoms with van der Waals surface area (Å²) in [7, 11) is 0. The van der Waals surface area contributed by atoms with Gasteiger partial charge in [-0.05, 0) is 37.5 Å². The highest BCUT2D eigenvalue weighted by Crippen LogP contribution is 2.16. The van der Waals surface area contributed by atoms with E-state index in [4.69, 9.17) is 5.21 Å². The molecule has 7 nitrogen and oxygen atoms in total. The number of nitrogens with one attached hydrogen (secondary N) is 3. The van der Waals surface area contributed by atoms with Crippen LogP contribution in [-0.4, -0.2) is 29.0 Å². The summed E-state index contributed by atoms with van der Waals surface area (Å²) in [6, 6.07) is 6.52. The Balaban J connectivity index is 2.63. The maximum atomic E-state index is 12.5. The molecule has 0 aliphatic heterocycles. The fourth-order valence-electron chi connectivity index (χ4n) is 2.25. The number of hydrogen-bond acceptors (Lipinski definition) is 4. The maximum absolute atomic E-state index is 12.5. The SMILES string of the molecule is CCCC(=O)N[C@@H](CCCCC(=O)NO)C(=O)Nc1cccc(Br)c1. The summed E-state index contributed by atoms with van der Waals surface area (Å²) in [6.07, 6.45) is 2.70. The zero-order valence-corrected chi connectivity index (χ0v) is 15.8. The summed E-state index contributed by atoms with van der Waals surface area (Å²) in [4.78, 5) is 35.4. The number of hydrogen-bond donors (Lipinski definition) is 4. The van der Waals surface area contributed by atoms with E-state index < -0.39 is 11.9 Å². The highest BCUT2D eigenvalue weighted by atomic mass is 79.9. The summed E-state index contributed by atoms with van der Waals surface area (Å²) in [5, 5.41) is 14.0. The molecule has 8 heteroatoms. The Morgan fingerprint density at radius 1 is 1.16 bits per heavy atom. The first-order valence-corrected chi connectivity index (χ1v) is 9.04. The molecule has 4 N–H and O–H groups in total. The molecule has 0 saturated carbocycles. The highest BCUT2D eigenvalue weighted by Gasteiger charge is 2.20. The van der Waals surface area contributed by atoms with Crippen molar-refractivity contribution < 1.29 is 19.6 Å². The van der Waals surface area contributed by atoms with E-state index in [0.717, 1.165) is 4.47 Å². The second-order valence-electron chi connectivity index (χ2n) is 5.65. The summed E-state index contributed by atoms with van der Waals surface area (Å²) in [6.45, 7) is 1.89. The smallest absolute Gasteiger partial charge is 0.246 e. The van der Waals surface area contributed by atoms with Crippen LogP contribution in [0.1, 0.15) is 45.4 Å². The van der Waals surface area contributed by atoms with Crippen LogP contribution in [0, 0.1) is 0 Å². The molecular weight excluding hydrogens is 390 g/mol. The van der Waals surface area contributed by atoms with E-state index in [1.54, 1.807) is 23.7 Å². The van der Waals surface area contributed by atoms with E-state index in [2.05, 4.69) is 26.6 Å². The molecule has 1 atom stereocenters. The Hall–Kier alpha value is -1.93. The van der Waals surface area contributed by atoms with Gasteiger partial charge in [-0.3, -0.25) is 19.6 Å². The monoisotopic (exact) mass is 413 g/mol. The molecule has 1 aromatic rings. The number of anilines is 1. The van der Waals surface area contributed by atoms with Gasteiger partial charge in [-0.15, -0.1) is 0 Å². The van der Waals surface area contributed by atoms with Crippen LogP contribution in [0.2, 0.25) is 0 Å². The second-order valence-corrected chi connectivity index (χ2v) is 6.57. The third-order valence-electron chi connectivity index (χ3n) is 3.49. The van der Waals surface area contributed by atoms with Crippen molar-refractivity contribution in [2.75, 3.05) is 5.32 Å². The number of halogens is 1. The van der Waals surface area contributed by atoms with Crippen LogP contribution in [0.4, 0.5) is 5.69 Å². The van der Waals surface area contributed by atoms with Gasteiger partial charge < -0.3 is 10.6 Å². The van der Waals surface area contributed by atoms with Crippen LogP contribution in [0.25, 0.3) is 0 Å². The minimum atomic E-state index is -0.671. The molecule has 0 aliphatic carbocycles. The molecule has 0 aromatic heterocycles. The predicted octanol–water partition coefficient (Wildman–Crippen LogP) is 2.74. The van der Waals surface area contributed by atoms with Crippen molar-refractivity contribution in [3.05, 3.63) is 28.7 Å². The minimum absolute atomic E-state index is 0.166. The summed E-state index contributed by atoms with van der Waals surface area (Å²) >= 11 is 3.34. The first kappa shape index (κ1) is 21.1. The third-order valence-corrected chi connectivity index (χ3v) is 3.99. The lowest BCUT2D eigenvalue weighted by atomic mass is 10.1. The first-order chi connectivity index (χ1) is 12.0. The van der Waals surface area contributed by atoms with E-state index in [0.29, 0.717) is 37.8 Å². The van der Waals surface area contributed by atoms with Gasteiger partial charge in [0.1, 0.15) is 6.04 Å². The maximum Gasteiger partial charge on any atom is 0.246 e. The van der Waals surface area contributed by atoms with Gasteiger partial charge in [0.25, 0.3) is 0 Å². The average molecular weight is 414 g/mol. The Labute approximate surface area is 155 Å². The molecule has 0 heterocycles. The fraction of sp³-hybridized carbons (Fsp3) is 0.471. The number of hydroxylamine groups is 1. The Bertz CT molecular complexity index is 595. The number of rotatable bonds is 10. The Morgan fingerprint density at radius 3 is 2.56 bits per heavy atom. The van der Waals surface area contributed by atoms with E-state index in [1.165, 1.54) is 0 Å². The molecule has 0 radical (unpaired) electrons. The predicted molar refractivity (Wildman–Crippen MR) is 98.0 cm³/mol. The van der Waals surface area contributed by atoms with Gasteiger partial charge in [-0.1, -0.05) is 35.3 Å². The lowest BCUT2D eigenvalue weighted by Crippen LogP contribution is -2.43. The lowest BCUT2D eigenvalue weighted by molar-refractivity contribution is -0.129. The minimum Gasteiger partial charge on any atom is -0.344 e. The molecule has 0 aliphatic rings. The van der Waals surface area contributed by atoms with Gasteiger partial charge in [-0.2, -0.15) is 0 Å². The highest BCUT2D eigenvalue weighted by molar-refractivity contribution is 9.10.